The molecule has 0 unspecified atom stereocenters. The predicted octanol–water partition coefficient (Wildman–Crippen LogP) is 4.66. The fraction of sp³-hybridized carbons (Fsp3) is 0.632. The molecule has 1 saturated heterocycles. The minimum absolute atomic E-state index is 0.419. The smallest absolute Gasteiger partial charge is 0.124 e. The summed E-state index contributed by atoms with van der Waals surface area (Å²) in [5, 5.41) is 8.16. The standard InChI is InChI=1S/C19H30N2O/c1-6-15-12-16(14(2)20)17(13-18(15)22-5)21-10-7-8-19(3,4)9-11-21/h12-13,20H,6-11H2,1-5H3. The van der Waals surface area contributed by atoms with E-state index in [4.69, 9.17) is 10.1 Å². The summed E-state index contributed by atoms with van der Waals surface area (Å²) in [4.78, 5) is 2.45. The van der Waals surface area contributed by atoms with Gasteiger partial charge in [0, 0.05) is 36.1 Å². The Bertz CT molecular complexity index is 549. The molecule has 0 aliphatic carbocycles. The van der Waals surface area contributed by atoms with Crippen molar-refractivity contribution in [2.24, 2.45) is 5.41 Å². The van der Waals surface area contributed by atoms with E-state index in [1.54, 1.807) is 7.11 Å². The van der Waals surface area contributed by atoms with Crippen molar-refractivity contribution in [3.05, 3.63) is 23.3 Å². The van der Waals surface area contributed by atoms with Crippen molar-refractivity contribution in [1.29, 1.82) is 5.41 Å². The highest BCUT2D eigenvalue weighted by molar-refractivity contribution is 6.02. The Morgan fingerprint density at radius 2 is 2.00 bits per heavy atom. The van der Waals surface area contributed by atoms with Crippen molar-refractivity contribution in [2.75, 3.05) is 25.1 Å². The first-order chi connectivity index (χ1) is 10.4. The Morgan fingerprint density at radius 1 is 1.27 bits per heavy atom. The van der Waals surface area contributed by atoms with Gasteiger partial charge in [-0.15, -0.1) is 0 Å². The van der Waals surface area contributed by atoms with Gasteiger partial charge in [0.1, 0.15) is 5.75 Å². The maximum absolute atomic E-state index is 8.16. The van der Waals surface area contributed by atoms with Crippen molar-refractivity contribution < 1.29 is 4.74 Å². The minimum Gasteiger partial charge on any atom is -0.496 e. The summed E-state index contributed by atoms with van der Waals surface area (Å²) >= 11 is 0. The van der Waals surface area contributed by atoms with Crippen LogP contribution >= 0.6 is 0 Å². The molecule has 1 fully saturated rings. The summed E-state index contributed by atoms with van der Waals surface area (Å²) in [5.74, 6) is 0.950. The number of nitrogens with one attached hydrogen (secondary N) is 1. The van der Waals surface area contributed by atoms with Crippen LogP contribution in [-0.4, -0.2) is 25.9 Å². The van der Waals surface area contributed by atoms with E-state index >= 15 is 0 Å². The van der Waals surface area contributed by atoms with Crippen LogP contribution in [0, 0.1) is 10.8 Å². The monoisotopic (exact) mass is 302 g/mol. The second kappa shape index (κ2) is 6.72. The van der Waals surface area contributed by atoms with E-state index in [-0.39, 0.29) is 0 Å². The highest BCUT2D eigenvalue weighted by Gasteiger charge is 2.25. The molecule has 0 spiro atoms. The maximum atomic E-state index is 8.16. The van der Waals surface area contributed by atoms with Crippen molar-refractivity contribution in [1.82, 2.24) is 0 Å². The number of hydrogen-bond donors (Lipinski definition) is 1. The van der Waals surface area contributed by atoms with E-state index in [2.05, 4.69) is 37.8 Å². The fourth-order valence-electron chi connectivity index (χ4n) is 3.31. The predicted molar refractivity (Wildman–Crippen MR) is 94.7 cm³/mol. The molecule has 1 heterocycles. The number of anilines is 1. The number of hydrogen-bond acceptors (Lipinski definition) is 3. The lowest BCUT2D eigenvalue weighted by Crippen LogP contribution is -2.27. The Balaban J connectivity index is 2.42. The molecule has 3 heteroatoms. The lowest BCUT2D eigenvalue weighted by atomic mass is 9.85. The van der Waals surface area contributed by atoms with Crippen LogP contribution in [0.5, 0.6) is 5.75 Å². The van der Waals surface area contributed by atoms with Crippen LogP contribution in [0.4, 0.5) is 5.69 Å². The highest BCUT2D eigenvalue weighted by atomic mass is 16.5. The van der Waals surface area contributed by atoms with E-state index in [0.29, 0.717) is 11.1 Å². The van der Waals surface area contributed by atoms with Crippen molar-refractivity contribution in [3.63, 3.8) is 0 Å². The van der Waals surface area contributed by atoms with Crippen LogP contribution in [0.15, 0.2) is 12.1 Å². The Labute approximate surface area is 135 Å². The number of nitrogens with zero attached hydrogens (tertiary/aromatic N) is 1. The van der Waals surface area contributed by atoms with E-state index in [9.17, 15) is 0 Å². The SMILES string of the molecule is CCc1cc(C(C)=N)c(N2CCCC(C)(C)CC2)cc1OC. The number of benzene rings is 1. The second-order valence-electron chi connectivity index (χ2n) is 7.16. The third-order valence-corrected chi connectivity index (χ3v) is 4.86. The molecular formula is C19H30N2O. The molecule has 0 aromatic heterocycles. The van der Waals surface area contributed by atoms with Crippen LogP contribution in [0.25, 0.3) is 0 Å². The summed E-state index contributed by atoms with van der Waals surface area (Å²) in [5.41, 5.74) is 4.46. The third kappa shape index (κ3) is 3.63. The van der Waals surface area contributed by atoms with Gasteiger partial charge >= 0.3 is 0 Å². The maximum Gasteiger partial charge on any atom is 0.124 e. The number of methoxy groups -OCH3 is 1. The zero-order valence-corrected chi connectivity index (χ0v) is 14.8. The minimum atomic E-state index is 0.419. The average Bonchev–Trinajstić information content (AvgIpc) is 2.66. The molecule has 3 nitrogen and oxygen atoms in total. The molecular weight excluding hydrogens is 272 g/mol. The highest BCUT2D eigenvalue weighted by Crippen LogP contribution is 2.35. The summed E-state index contributed by atoms with van der Waals surface area (Å²) in [6.07, 6.45) is 4.60. The molecule has 0 saturated carbocycles. The van der Waals surface area contributed by atoms with Gasteiger partial charge in [0.15, 0.2) is 0 Å². The van der Waals surface area contributed by atoms with E-state index in [1.165, 1.54) is 30.5 Å². The van der Waals surface area contributed by atoms with Gasteiger partial charge in [0.25, 0.3) is 0 Å². The third-order valence-electron chi connectivity index (χ3n) is 4.86. The molecule has 22 heavy (non-hydrogen) atoms. The Hall–Kier alpha value is -1.51. The molecule has 1 aliphatic heterocycles. The molecule has 1 aromatic carbocycles. The first-order valence-corrected chi connectivity index (χ1v) is 8.39. The zero-order valence-electron chi connectivity index (χ0n) is 14.8. The van der Waals surface area contributed by atoms with Gasteiger partial charge in [-0.3, -0.25) is 0 Å². The molecule has 1 aromatic rings. The second-order valence-corrected chi connectivity index (χ2v) is 7.16. The first kappa shape index (κ1) is 16.9. The summed E-state index contributed by atoms with van der Waals surface area (Å²) in [7, 11) is 1.74. The first-order valence-electron chi connectivity index (χ1n) is 8.39. The van der Waals surface area contributed by atoms with E-state index in [0.717, 1.165) is 30.8 Å². The van der Waals surface area contributed by atoms with Gasteiger partial charge in [-0.25, -0.2) is 0 Å². The molecule has 1 N–H and O–H groups in total. The van der Waals surface area contributed by atoms with Crippen molar-refractivity contribution in [2.45, 2.75) is 53.4 Å². The van der Waals surface area contributed by atoms with Crippen LogP contribution in [0.1, 0.15) is 58.1 Å². The lowest BCUT2D eigenvalue weighted by molar-refractivity contribution is 0.325. The summed E-state index contributed by atoms with van der Waals surface area (Å²) in [6.45, 7) is 10.9. The molecule has 0 amide bonds. The van der Waals surface area contributed by atoms with Crippen LogP contribution in [0.2, 0.25) is 0 Å². The molecule has 122 valence electrons. The van der Waals surface area contributed by atoms with Crippen LogP contribution in [-0.2, 0) is 6.42 Å². The molecule has 0 radical (unpaired) electrons. The average molecular weight is 302 g/mol. The fourth-order valence-corrected chi connectivity index (χ4v) is 3.31. The van der Waals surface area contributed by atoms with Gasteiger partial charge in [-0.1, -0.05) is 20.8 Å². The quantitative estimate of drug-likeness (QED) is 0.821. The normalized spacial score (nSPS) is 18.0. The number of ether oxygens (including phenoxy) is 1. The van der Waals surface area contributed by atoms with Crippen LogP contribution in [0.3, 0.4) is 0 Å². The largest absolute Gasteiger partial charge is 0.496 e. The molecule has 0 bridgehead atoms. The topological polar surface area (TPSA) is 36.3 Å². The van der Waals surface area contributed by atoms with Crippen LogP contribution < -0.4 is 9.64 Å². The van der Waals surface area contributed by atoms with Crippen molar-refractivity contribution >= 4 is 11.4 Å². The van der Waals surface area contributed by atoms with Gasteiger partial charge in [0.05, 0.1) is 7.11 Å². The lowest BCUT2D eigenvalue weighted by Gasteiger charge is -2.28. The van der Waals surface area contributed by atoms with Crippen molar-refractivity contribution in [3.8, 4) is 5.75 Å². The Kier molecular flexibility index (Phi) is 5.15. The van der Waals surface area contributed by atoms with Gasteiger partial charge in [-0.05, 0) is 49.7 Å². The van der Waals surface area contributed by atoms with E-state index in [1.807, 2.05) is 6.92 Å². The summed E-state index contributed by atoms with van der Waals surface area (Å²) < 4.78 is 5.58. The van der Waals surface area contributed by atoms with Gasteiger partial charge < -0.3 is 15.0 Å². The molecule has 2 rings (SSSR count). The molecule has 0 atom stereocenters. The Morgan fingerprint density at radius 3 is 2.59 bits per heavy atom. The van der Waals surface area contributed by atoms with E-state index < -0.39 is 0 Å². The van der Waals surface area contributed by atoms with Gasteiger partial charge in [-0.2, -0.15) is 0 Å². The summed E-state index contributed by atoms with van der Waals surface area (Å²) in [6, 6.07) is 4.29. The number of aryl methyl sites for hydroxylation is 1. The van der Waals surface area contributed by atoms with Gasteiger partial charge in [0.2, 0.25) is 0 Å². The molecule has 1 aliphatic rings. The number of rotatable bonds is 4. The zero-order chi connectivity index (χ0) is 16.3.